The zero-order valence-corrected chi connectivity index (χ0v) is 18.5. The second kappa shape index (κ2) is 9.23. The normalized spacial score (nSPS) is 15.0. The molecule has 1 heterocycles. The van der Waals surface area contributed by atoms with Crippen LogP contribution >= 0.6 is 15.9 Å². The maximum absolute atomic E-state index is 13.1. The lowest BCUT2D eigenvalue weighted by Gasteiger charge is -2.36. The maximum atomic E-state index is 13.1. The Bertz CT molecular complexity index is 944. The molecule has 156 valence electrons. The second-order valence-corrected chi connectivity index (χ2v) is 9.90. The van der Waals surface area contributed by atoms with Crippen LogP contribution in [0.5, 0.6) is 0 Å². The molecule has 1 amide bonds. The summed E-state index contributed by atoms with van der Waals surface area (Å²) in [6.07, 6.45) is 1.12. The Morgan fingerprint density at radius 2 is 1.62 bits per heavy atom. The van der Waals surface area contributed by atoms with Gasteiger partial charge in [0.15, 0.2) is 0 Å². The zero-order valence-electron chi connectivity index (χ0n) is 16.1. The van der Waals surface area contributed by atoms with E-state index >= 15 is 0 Å². The number of hydrogen-bond acceptors (Lipinski definition) is 4. The fourth-order valence-electron chi connectivity index (χ4n) is 3.20. The van der Waals surface area contributed by atoms with Crippen LogP contribution in [-0.4, -0.2) is 62.5 Å². The first-order valence-electron chi connectivity index (χ1n) is 9.20. The minimum Gasteiger partial charge on any atom is -0.368 e. The Morgan fingerprint density at radius 1 is 1.03 bits per heavy atom. The van der Waals surface area contributed by atoms with Crippen molar-refractivity contribution >= 4 is 37.5 Å². The lowest BCUT2D eigenvalue weighted by Crippen LogP contribution is -2.51. The van der Waals surface area contributed by atoms with E-state index < -0.39 is 10.0 Å². The van der Waals surface area contributed by atoms with Gasteiger partial charge in [0, 0.05) is 42.9 Å². The minimum absolute atomic E-state index is 0.146. The molecular formula is C20H23BrFN3O3S. The van der Waals surface area contributed by atoms with E-state index in [1.165, 1.54) is 16.4 Å². The van der Waals surface area contributed by atoms with Crippen molar-refractivity contribution in [2.45, 2.75) is 6.54 Å². The van der Waals surface area contributed by atoms with Gasteiger partial charge in [0.1, 0.15) is 5.82 Å². The number of carbonyl (C=O) groups is 1. The highest BCUT2D eigenvalue weighted by Crippen LogP contribution is 2.18. The average molecular weight is 484 g/mol. The van der Waals surface area contributed by atoms with E-state index in [1.807, 2.05) is 24.3 Å². The number of carbonyl (C=O) groups excluding carboxylic acids is 1. The van der Waals surface area contributed by atoms with E-state index in [-0.39, 0.29) is 24.8 Å². The topological polar surface area (TPSA) is 60.9 Å². The van der Waals surface area contributed by atoms with Gasteiger partial charge in [-0.2, -0.15) is 4.31 Å². The fourth-order valence-corrected chi connectivity index (χ4v) is 4.19. The van der Waals surface area contributed by atoms with E-state index in [2.05, 4.69) is 20.8 Å². The van der Waals surface area contributed by atoms with Crippen LogP contribution in [0.1, 0.15) is 5.56 Å². The van der Waals surface area contributed by atoms with Crippen molar-refractivity contribution in [2.24, 2.45) is 0 Å². The third-order valence-corrected chi connectivity index (χ3v) is 6.60. The van der Waals surface area contributed by atoms with Crippen molar-refractivity contribution < 1.29 is 17.6 Å². The van der Waals surface area contributed by atoms with E-state index in [0.29, 0.717) is 26.2 Å². The summed E-state index contributed by atoms with van der Waals surface area (Å²) >= 11 is 3.35. The molecule has 2 aromatic carbocycles. The number of amides is 1. The second-order valence-electron chi connectivity index (χ2n) is 7.00. The standard InChI is InChI=1S/C20H23BrFN3O3S/c1-29(27,28)25(14-16-2-4-17(21)5-3-16)15-20(26)24-12-10-23(11-13-24)19-8-6-18(22)7-9-19/h2-9H,10-15H2,1H3. The summed E-state index contributed by atoms with van der Waals surface area (Å²) in [7, 11) is -3.54. The molecule has 1 aliphatic rings. The first-order valence-corrected chi connectivity index (χ1v) is 11.8. The molecule has 0 aromatic heterocycles. The van der Waals surface area contributed by atoms with Crippen molar-refractivity contribution in [3.63, 3.8) is 0 Å². The third kappa shape index (κ3) is 6.01. The highest BCUT2D eigenvalue weighted by Gasteiger charge is 2.26. The molecule has 1 fully saturated rings. The molecule has 9 heteroatoms. The number of piperazine rings is 1. The lowest BCUT2D eigenvalue weighted by molar-refractivity contribution is -0.131. The van der Waals surface area contributed by atoms with Crippen LogP contribution in [-0.2, 0) is 21.4 Å². The van der Waals surface area contributed by atoms with Gasteiger partial charge in [-0.05, 0) is 42.0 Å². The molecule has 0 atom stereocenters. The Labute approximate surface area is 179 Å². The Balaban J connectivity index is 1.60. The van der Waals surface area contributed by atoms with Gasteiger partial charge in [-0.3, -0.25) is 4.79 Å². The van der Waals surface area contributed by atoms with Crippen molar-refractivity contribution in [2.75, 3.05) is 43.9 Å². The predicted molar refractivity (Wildman–Crippen MR) is 115 cm³/mol. The molecular weight excluding hydrogens is 461 g/mol. The van der Waals surface area contributed by atoms with Gasteiger partial charge in [0.05, 0.1) is 12.8 Å². The molecule has 1 aliphatic heterocycles. The van der Waals surface area contributed by atoms with Crippen molar-refractivity contribution in [3.05, 3.63) is 64.4 Å². The third-order valence-electron chi connectivity index (χ3n) is 4.88. The van der Waals surface area contributed by atoms with Gasteiger partial charge in [-0.15, -0.1) is 0 Å². The van der Waals surface area contributed by atoms with Crippen LogP contribution in [0.15, 0.2) is 53.0 Å². The number of nitrogens with zero attached hydrogens (tertiary/aromatic N) is 3. The van der Waals surface area contributed by atoms with Gasteiger partial charge in [-0.1, -0.05) is 28.1 Å². The Kier molecular flexibility index (Phi) is 6.92. The van der Waals surface area contributed by atoms with Crippen LogP contribution in [0.3, 0.4) is 0 Å². The lowest BCUT2D eigenvalue weighted by atomic mass is 10.2. The van der Waals surface area contributed by atoms with Crippen molar-refractivity contribution in [3.8, 4) is 0 Å². The predicted octanol–water partition coefficient (Wildman–Crippen LogP) is 2.70. The van der Waals surface area contributed by atoms with Crippen molar-refractivity contribution in [1.29, 1.82) is 0 Å². The summed E-state index contributed by atoms with van der Waals surface area (Å²) in [6.45, 7) is 2.17. The Morgan fingerprint density at radius 3 is 2.17 bits per heavy atom. The highest BCUT2D eigenvalue weighted by molar-refractivity contribution is 9.10. The van der Waals surface area contributed by atoms with E-state index in [4.69, 9.17) is 0 Å². The van der Waals surface area contributed by atoms with E-state index in [9.17, 15) is 17.6 Å². The first kappa shape index (κ1) is 21.7. The smallest absolute Gasteiger partial charge is 0.238 e. The quantitative estimate of drug-likeness (QED) is 0.633. The summed E-state index contributed by atoms with van der Waals surface area (Å²) in [6, 6.07) is 13.6. The monoisotopic (exact) mass is 483 g/mol. The number of sulfonamides is 1. The Hall–Kier alpha value is -1.97. The van der Waals surface area contributed by atoms with E-state index in [1.54, 1.807) is 17.0 Å². The van der Waals surface area contributed by atoms with Gasteiger partial charge in [0.25, 0.3) is 0 Å². The van der Waals surface area contributed by atoms with Crippen LogP contribution in [0.2, 0.25) is 0 Å². The van der Waals surface area contributed by atoms with Crippen LogP contribution < -0.4 is 4.90 Å². The van der Waals surface area contributed by atoms with Crippen LogP contribution in [0, 0.1) is 5.82 Å². The van der Waals surface area contributed by atoms with Gasteiger partial charge >= 0.3 is 0 Å². The SMILES string of the molecule is CS(=O)(=O)N(CC(=O)N1CCN(c2ccc(F)cc2)CC1)Cc1ccc(Br)cc1. The molecule has 0 radical (unpaired) electrons. The summed E-state index contributed by atoms with van der Waals surface area (Å²) < 4.78 is 39.6. The highest BCUT2D eigenvalue weighted by atomic mass is 79.9. The first-order chi connectivity index (χ1) is 13.7. The van der Waals surface area contributed by atoms with Gasteiger partial charge in [0.2, 0.25) is 15.9 Å². The number of rotatable bonds is 6. The van der Waals surface area contributed by atoms with Gasteiger partial charge in [-0.25, -0.2) is 12.8 Å². The molecule has 0 unspecified atom stereocenters. The average Bonchev–Trinajstić information content (AvgIpc) is 2.69. The number of hydrogen-bond donors (Lipinski definition) is 0. The molecule has 0 spiro atoms. The summed E-state index contributed by atoms with van der Waals surface area (Å²) in [5.74, 6) is -0.500. The number of benzene rings is 2. The van der Waals surface area contributed by atoms with E-state index in [0.717, 1.165) is 22.0 Å². The molecule has 29 heavy (non-hydrogen) atoms. The molecule has 3 rings (SSSR count). The van der Waals surface area contributed by atoms with Gasteiger partial charge < -0.3 is 9.80 Å². The molecule has 1 saturated heterocycles. The van der Waals surface area contributed by atoms with Crippen LogP contribution in [0.25, 0.3) is 0 Å². The number of halogens is 2. The maximum Gasteiger partial charge on any atom is 0.238 e. The summed E-state index contributed by atoms with van der Waals surface area (Å²) in [5, 5.41) is 0. The molecule has 0 saturated carbocycles. The summed E-state index contributed by atoms with van der Waals surface area (Å²) in [4.78, 5) is 16.5. The molecule has 0 N–H and O–H groups in total. The largest absolute Gasteiger partial charge is 0.368 e. The zero-order chi connectivity index (χ0) is 21.0. The van der Waals surface area contributed by atoms with Crippen LogP contribution in [0.4, 0.5) is 10.1 Å². The molecule has 0 bridgehead atoms. The molecule has 2 aromatic rings. The molecule has 0 aliphatic carbocycles. The fraction of sp³-hybridized carbons (Fsp3) is 0.350. The number of anilines is 1. The minimum atomic E-state index is -3.54. The van der Waals surface area contributed by atoms with Crippen molar-refractivity contribution in [1.82, 2.24) is 9.21 Å². The molecule has 6 nitrogen and oxygen atoms in total. The summed E-state index contributed by atoms with van der Waals surface area (Å²) in [5.41, 5.74) is 1.72.